The molecule has 0 aromatic carbocycles. The third-order valence-electron chi connectivity index (χ3n) is 1.73. The van der Waals surface area contributed by atoms with E-state index in [0.29, 0.717) is 6.54 Å². The van der Waals surface area contributed by atoms with E-state index < -0.39 is 10.0 Å². The van der Waals surface area contributed by atoms with E-state index in [-0.39, 0.29) is 24.7 Å². The monoisotopic (exact) mass is 204 g/mol. The van der Waals surface area contributed by atoms with E-state index in [1.165, 1.54) is 0 Å². The summed E-state index contributed by atoms with van der Waals surface area (Å²) >= 11 is 0. The summed E-state index contributed by atoms with van der Waals surface area (Å²) in [5.41, 5.74) is 0. The predicted octanol–water partition coefficient (Wildman–Crippen LogP) is -0.718. The van der Waals surface area contributed by atoms with Crippen LogP contribution in [0.25, 0.3) is 0 Å². The predicted molar refractivity (Wildman–Crippen MR) is 48.3 cm³/mol. The van der Waals surface area contributed by atoms with Gasteiger partial charge >= 0.3 is 0 Å². The molecule has 0 aromatic heterocycles. The first-order valence-electron chi connectivity index (χ1n) is 3.93. The van der Waals surface area contributed by atoms with Gasteiger partial charge in [0.1, 0.15) is 0 Å². The Hall–Kier alpha value is -0.880. The van der Waals surface area contributed by atoms with Crippen LogP contribution in [0, 0.1) is 0 Å². The van der Waals surface area contributed by atoms with E-state index >= 15 is 0 Å². The van der Waals surface area contributed by atoms with Crippen LogP contribution in [0.5, 0.6) is 0 Å². The van der Waals surface area contributed by atoms with E-state index in [1.54, 1.807) is 6.08 Å². The summed E-state index contributed by atoms with van der Waals surface area (Å²) < 4.78 is 23.3. The highest BCUT2D eigenvalue weighted by atomic mass is 32.2. The third-order valence-corrected chi connectivity index (χ3v) is 3.46. The highest BCUT2D eigenvalue weighted by Crippen LogP contribution is 2.13. The molecule has 1 saturated heterocycles. The van der Waals surface area contributed by atoms with Gasteiger partial charge in [0.2, 0.25) is 15.9 Å². The minimum absolute atomic E-state index is 0.0488. The van der Waals surface area contributed by atoms with Gasteiger partial charge in [-0.1, -0.05) is 6.08 Å². The van der Waals surface area contributed by atoms with Crippen LogP contribution in [0.4, 0.5) is 0 Å². The zero-order valence-electron chi connectivity index (χ0n) is 7.19. The number of hydrogen-bond donors (Lipinski definition) is 1. The molecular weight excluding hydrogens is 192 g/mol. The van der Waals surface area contributed by atoms with Gasteiger partial charge in [-0.05, 0) is 0 Å². The Balaban J connectivity index is 2.56. The Morgan fingerprint density at radius 1 is 1.62 bits per heavy atom. The Kier molecular flexibility index (Phi) is 3.05. The van der Waals surface area contributed by atoms with Crippen molar-refractivity contribution in [3.05, 3.63) is 12.7 Å². The second kappa shape index (κ2) is 3.89. The first-order chi connectivity index (χ1) is 6.08. The lowest BCUT2D eigenvalue weighted by atomic mass is 10.5. The number of hydrogen-bond acceptors (Lipinski definition) is 4. The van der Waals surface area contributed by atoms with Crippen molar-refractivity contribution in [2.24, 2.45) is 0 Å². The highest BCUT2D eigenvalue weighted by molar-refractivity contribution is 7.90. The number of nitrogens with zero attached hydrogens (tertiary/aromatic N) is 1. The molecule has 1 amide bonds. The molecule has 1 rings (SSSR count). The van der Waals surface area contributed by atoms with E-state index in [9.17, 15) is 13.2 Å². The summed E-state index contributed by atoms with van der Waals surface area (Å²) in [5, 5.41) is 2.77. The molecule has 0 bridgehead atoms. The molecular formula is C7H12N2O3S. The molecule has 0 unspecified atom stereocenters. The van der Waals surface area contributed by atoms with Crippen LogP contribution in [0.3, 0.4) is 0 Å². The summed E-state index contributed by atoms with van der Waals surface area (Å²) in [7, 11) is -3.33. The molecule has 13 heavy (non-hydrogen) atoms. The molecule has 0 atom stereocenters. The Morgan fingerprint density at radius 2 is 2.31 bits per heavy atom. The summed E-state index contributed by atoms with van der Waals surface area (Å²) in [6.45, 7) is 4.00. The van der Waals surface area contributed by atoms with Gasteiger partial charge in [-0.3, -0.25) is 10.1 Å². The van der Waals surface area contributed by atoms with Gasteiger partial charge in [0.15, 0.2) is 0 Å². The van der Waals surface area contributed by atoms with Gasteiger partial charge in [0, 0.05) is 13.0 Å². The van der Waals surface area contributed by atoms with Gasteiger partial charge in [-0.15, -0.1) is 6.58 Å². The van der Waals surface area contributed by atoms with Crippen molar-refractivity contribution in [2.75, 3.05) is 19.0 Å². The molecule has 0 spiro atoms. The molecule has 74 valence electrons. The van der Waals surface area contributed by atoms with Crippen LogP contribution >= 0.6 is 0 Å². The van der Waals surface area contributed by atoms with E-state index in [4.69, 9.17) is 0 Å². The topological polar surface area (TPSA) is 66.5 Å². The van der Waals surface area contributed by atoms with Crippen molar-refractivity contribution in [2.45, 2.75) is 6.42 Å². The van der Waals surface area contributed by atoms with E-state index in [2.05, 4.69) is 11.9 Å². The maximum absolute atomic E-state index is 11.2. The van der Waals surface area contributed by atoms with E-state index in [0.717, 1.165) is 4.31 Å². The number of nitrogens with one attached hydrogen (secondary N) is 1. The van der Waals surface area contributed by atoms with Gasteiger partial charge < -0.3 is 0 Å². The quantitative estimate of drug-likeness (QED) is 0.485. The molecule has 1 heterocycles. The molecule has 0 aromatic rings. The molecule has 1 N–H and O–H groups in total. The van der Waals surface area contributed by atoms with Crippen molar-refractivity contribution in [1.82, 2.24) is 9.62 Å². The number of rotatable bonds is 4. The normalized spacial score (nSPS) is 20.6. The molecule has 1 fully saturated rings. The van der Waals surface area contributed by atoms with Crippen molar-refractivity contribution in [3.8, 4) is 0 Å². The van der Waals surface area contributed by atoms with Crippen molar-refractivity contribution in [1.29, 1.82) is 0 Å². The Morgan fingerprint density at radius 3 is 2.77 bits per heavy atom. The fourth-order valence-corrected chi connectivity index (χ4v) is 2.40. The SMILES string of the molecule is C=CCNCN1C(=O)CCS1(=O)=O. The van der Waals surface area contributed by atoms with Crippen LogP contribution < -0.4 is 5.32 Å². The van der Waals surface area contributed by atoms with Crippen LogP contribution in [-0.4, -0.2) is 37.6 Å². The molecule has 5 nitrogen and oxygen atoms in total. The Labute approximate surface area is 77.5 Å². The third kappa shape index (κ3) is 2.28. The summed E-state index contributed by atoms with van der Waals surface area (Å²) in [5.74, 6) is -0.404. The van der Waals surface area contributed by atoms with E-state index in [1.807, 2.05) is 0 Å². The minimum Gasteiger partial charge on any atom is -0.295 e. The molecule has 6 heteroatoms. The zero-order valence-corrected chi connectivity index (χ0v) is 8.01. The van der Waals surface area contributed by atoms with Crippen LogP contribution in [0.1, 0.15) is 6.42 Å². The number of carbonyl (C=O) groups is 1. The smallest absolute Gasteiger partial charge is 0.239 e. The summed E-state index contributed by atoms with van der Waals surface area (Å²) in [4.78, 5) is 11.1. The molecule has 0 radical (unpaired) electrons. The lowest BCUT2D eigenvalue weighted by molar-refractivity contribution is -0.125. The molecule has 0 aliphatic carbocycles. The average molecular weight is 204 g/mol. The highest BCUT2D eigenvalue weighted by Gasteiger charge is 2.34. The van der Waals surface area contributed by atoms with Gasteiger partial charge in [-0.2, -0.15) is 0 Å². The fourth-order valence-electron chi connectivity index (χ4n) is 1.06. The van der Waals surface area contributed by atoms with Gasteiger partial charge in [0.05, 0.1) is 12.4 Å². The first-order valence-corrected chi connectivity index (χ1v) is 5.53. The van der Waals surface area contributed by atoms with Crippen molar-refractivity contribution < 1.29 is 13.2 Å². The lowest BCUT2D eigenvalue weighted by Gasteiger charge is -2.14. The maximum atomic E-state index is 11.2. The molecule has 1 aliphatic rings. The summed E-state index contributed by atoms with van der Waals surface area (Å²) in [6, 6.07) is 0. The minimum atomic E-state index is -3.33. The van der Waals surface area contributed by atoms with Crippen LogP contribution in [0.15, 0.2) is 12.7 Å². The van der Waals surface area contributed by atoms with Gasteiger partial charge in [-0.25, -0.2) is 12.7 Å². The average Bonchev–Trinajstić information content (AvgIpc) is 2.31. The first kappa shape index (κ1) is 10.2. The van der Waals surface area contributed by atoms with Crippen LogP contribution in [-0.2, 0) is 14.8 Å². The van der Waals surface area contributed by atoms with Crippen molar-refractivity contribution in [3.63, 3.8) is 0 Å². The molecule has 1 aliphatic heterocycles. The molecule has 0 saturated carbocycles. The second-order valence-corrected chi connectivity index (χ2v) is 4.72. The van der Waals surface area contributed by atoms with Gasteiger partial charge in [0.25, 0.3) is 0 Å². The second-order valence-electron chi connectivity index (χ2n) is 2.71. The number of amides is 1. The lowest BCUT2D eigenvalue weighted by Crippen LogP contribution is -2.38. The largest absolute Gasteiger partial charge is 0.295 e. The van der Waals surface area contributed by atoms with Crippen molar-refractivity contribution >= 4 is 15.9 Å². The zero-order chi connectivity index (χ0) is 9.90. The summed E-state index contributed by atoms with van der Waals surface area (Å²) in [6.07, 6.45) is 1.70. The Bertz CT molecular complexity index is 310. The standard InChI is InChI=1S/C7H12N2O3S/c1-2-4-8-6-9-7(10)3-5-13(9,11)12/h2,8H,1,3-6H2. The van der Waals surface area contributed by atoms with Crippen LogP contribution in [0.2, 0.25) is 0 Å². The number of carbonyl (C=O) groups excluding carboxylic acids is 1. The fraction of sp³-hybridized carbons (Fsp3) is 0.571. The maximum Gasteiger partial charge on any atom is 0.239 e. The number of sulfonamides is 1.